The van der Waals surface area contributed by atoms with Crippen LogP contribution in [0.4, 0.5) is 0 Å². The van der Waals surface area contributed by atoms with Crippen LogP contribution in [-0.2, 0) is 11.2 Å². The van der Waals surface area contributed by atoms with Gasteiger partial charge >= 0.3 is 0 Å². The van der Waals surface area contributed by atoms with Gasteiger partial charge in [0.25, 0.3) is 0 Å². The summed E-state index contributed by atoms with van der Waals surface area (Å²) >= 11 is 1.54. The van der Waals surface area contributed by atoms with Crippen LogP contribution in [-0.4, -0.2) is 29.6 Å². The number of hydrogen-bond acceptors (Lipinski definition) is 5. The Kier molecular flexibility index (Phi) is 6.96. The summed E-state index contributed by atoms with van der Waals surface area (Å²) in [5, 5.41) is 5.93. The minimum atomic E-state index is -0.314. The van der Waals surface area contributed by atoms with Gasteiger partial charge in [-0.15, -0.1) is 11.3 Å². The van der Waals surface area contributed by atoms with E-state index in [1.807, 2.05) is 50.4 Å². The Bertz CT molecular complexity index is 670. The number of thiazole rings is 1. The highest BCUT2D eigenvalue weighted by Crippen LogP contribution is 2.26. The maximum atomic E-state index is 12.3. The van der Waals surface area contributed by atoms with Gasteiger partial charge in [0, 0.05) is 17.5 Å². The predicted molar refractivity (Wildman–Crippen MR) is 103 cm³/mol. The van der Waals surface area contributed by atoms with E-state index in [0.717, 1.165) is 34.9 Å². The van der Waals surface area contributed by atoms with E-state index in [1.165, 1.54) is 0 Å². The Balaban J connectivity index is 2.02. The number of amides is 1. The summed E-state index contributed by atoms with van der Waals surface area (Å²) in [5.74, 6) is 0.817. The van der Waals surface area contributed by atoms with E-state index >= 15 is 0 Å². The lowest BCUT2D eigenvalue weighted by Crippen LogP contribution is -2.53. The minimum absolute atomic E-state index is 0.0299. The highest BCUT2D eigenvalue weighted by Gasteiger charge is 2.26. The summed E-state index contributed by atoms with van der Waals surface area (Å²) in [5.41, 5.74) is 7.34. The van der Waals surface area contributed by atoms with Crippen LogP contribution in [0.25, 0.3) is 10.6 Å². The number of carbonyl (C=O) groups excluding carboxylic acids is 1. The Labute approximate surface area is 153 Å². The van der Waals surface area contributed by atoms with Crippen molar-refractivity contribution in [2.24, 2.45) is 5.73 Å². The zero-order valence-electron chi connectivity index (χ0n) is 15.2. The first-order valence-corrected chi connectivity index (χ1v) is 9.62. The molecule has 0 aliphatic rings. The number of nitrogens with zero attached hydrogens (tertiary/aromatic N) is 1. The molecule has 3 N–H and O–H groups in total. The molecule has 0 atom stereocenters. The van der Waals surface area contributed by atoms with Gasteiger partial charge < -0.3 is 15.8 Å². The molecule has 0 saturated heterocycles. The molecule has 2 rings (SSSR count). The number of ether oxygens (including phenoxy) is 1. The van der Waals surface area contributed by atoms with Gasteiger partial charge in [-0.3, -0.25) is 4.79 Å². The highest BCUT2D eigenvalue weighted by molar-refractivity contribution is 7.13. The predicted octanol–water partition coefficient (Wildman–Crippen LogP) is 3.39. The van der Waals surface area contributed by atoms with E-state index in [4.69, 9.17) is 10.5 Å². The average Bonchev–Trinajstić information content (AvgIpc) is 3.09. The largest absolute Gasteiger partial charge is 0.494 e. The maximum absolute atomic E-state index is 12.3. The molecule has 1 aromatic carbocycles. The summed E-state index contributed by atoms with van der Waals surface area (Å²) in [6.45, 7) is 7.14. The SMILES string of the molecule is CCOc1ccc(-c2nc(CC(=O)NC(CC)(CC)CN)cs2)cc1. The van der Waals surface area contributed by atoms with Gasteiger partial charge in [-0.1, -0.05) is 13.8 Å². The van der Waals surface area contributed by atoms with Crippen LogP contribution >= 0.6 is 11.3 Å². The lowest BCUT2D eigenvalue weighted by Gasteiger charge is -2.31. The van der Waals surface area contributed by atoms with E-state index in [2.05, 4.69) is 10.3 Å². The quantitative estimate of drug-likeness (QED) is 0.718. The second-order valence-electron chi connectivity index (χ2n) is 6.02. The summed E-state index contributed by atoms with van der Waals surface area (Å²) in [7, 11) is 0. The van der Waals surface area contributed by atoms with E-state index in [0.29, 0.717) is 13.2 Å². The Morgan fingerprint density at radius 2 is 1.92 bits per heavy atom. The molecule has 1 aromatic heterocycles. The van der Waals surface area contributed by atoms with Crippen molar-refractivity contribution in [3.63, 3.8) is 0 Å². The van der Waals surface area contributed by atoms with E-state index in [-0.39, 0.29) is 17.9 Å². The second-order valence-corrected chi connectivity index (χ2v) is 6.88. The number of rotatable bonds is 9. The van der Waals surface area contributed by atoms with Crippen LogP contribution in [0.2, 0.25) is 0 Å². The van der Waals surface area contributed by atoms with Crippen molar-refractivity contribution in [1.29, 1.82) is 0 Å². The smallest absolute Gasteiger partial charge is 0.226 e. The molecule has 0 saturated carbocycles. The van der Waals surface area contributed by atoms with Crippen LogP contribution in [0.5, 0.6) is 5.75 Å². The molecule has 0 radical (unpaired) electrons. The summed E-state index contributed by atoms with van der Waals surface area (Å²) in [4.78, 5) is 16.9. The summed E-state index contributed by atoms with van der Waals surface area (Å²) in [6.07, 6.45) is 1.91. The van der Waals surface area contributed by atoms with Gasteiger partial charge in [0.05, 0.1) is 24.3 Å². The Morgan fingerprint density at radius 1 is 1.24 bits per heavy atom. The standard InChI is InChI=1S/C19H27N3O2S/c1-4-19(5-2,13-20)22-17(23)11-15-12-25-18(21-15)14-7-9-16(10-8-14)24-6-3/h7-10,12H,4-6,11,13,20H2,1-3H3,(H,22,23). The molecule has 0 unspecified atom stereocenters. The molecule has 0 fully saturated rings. The Morgan fingerprint density at radius 3 is 2.48 bits per heavy atom. The molecule has 0 aliphatic carbocycles. The first-order chi connectivity index (χ1) is 12.1. The van der Waals surface area contributed by atoms with Crippen molar-refractivity contribution < 1.29 is 9.53 Å². The van der Waals surface area contributed by atoms with Crippen molar-refractivity contribution in [2.45, 2.75) is 45.6 Å². The van der Waals surface area contributed by atoms with Gasteiger partial charge in [-0.25, -0.2) is 4.98 Å². The van der Waals surface area contributed by atoms with Crippen LogP contribution in [0.1, 0.15) is 39.3 Å². The molecule has 0 aliphatic heterocycles. The van der Waals surface area contributed by atoms with Crippen molar-refractivity contribution in [1.82, 2.24) is 10.3 Å². The monoisotopic (exact) mass is 361 g/mol. The second kappa shape index (κ2) is 8.97. The van der Waals surface area contributed by atoms with E-state index < -0.39 is 0 Å². The fraction of sp³-hybridized carbons (Fsp3) is 0.474. The average molecular weight is 362 g/mol. The normalized spacial score (nSPS) is 11.4. The third-order valence-electron chi connectivity index (χ3n) is 4.45. The molecule has 25 heavy (non-hydrogen) atoms. The molecule has 6 heteroatoms. The first-order valence-electron chi connectivity index (χ1n) is 8.74. The maximum Gasteiger partial charge on any atom is 0.226 e. The summed E-state index contributed by atoms with van der Waals surface area (Å²) in [6, 6.07) is 7.85. The Hall–Kier alpha value is -1.92. The lowest BCUT2D eigenvalue weighted by atomic mass is 9.92. The van der Waals surface area contributed by atoms with Crippen LogP contribution in [0.15, 0.2) is 29.6 Å². The van der Waals surface area contributed by atoms with Crippen molar-refractivity contribution in [2.75, 3.05) is 13.2 Å². The molecule has 5 nitrogen and oxygen atoms in total. The molecule has 1 amide bonds. The molecular weight excluding hydrogens is 334 g/mol. The van der Waals surface area contributed by atoms with Crippen LogP contribution in [0, 0.1) is 0 Å². The number of benzene rings is 1. The molecular formula is C19H27N3O2S. The lowest BCUT2D eigenvalue weighted by molar-refractivity contribution is -0.122. The first kappa shape index (κ1) is 19.4. The van der Waals surface area contributed by atoms with Crippen LogP contribution < -0.4 is 15.8 Å². The van der Waals surface area contributed by atoms with E-state index in [9.17, 15) is 4.79 Å². The number of carbonyl (C=O) groups is 1. The number of aromatic nitrogens is 1. The zero-order valence-corrected chi connectivity index (χ0v) is 16.0. The van der Waals surface area contributed by atoms with Crippen LogP contribution in [0.3, 0.4) is 0 Å². The van der Waals surface area contributed by atoms with Gasteiger partial charge in [0.2, 0.25) is 5.91 Å². The topological polar surface area (TPSA) is 77.2 Å². The fourth-order valence-electron chi connectivity index (χ4n) is 2.65. The van der Waals surface area contributed by atoms with Crippen molar-refractivity contribution >= 4 is 17.2 Å². The van der Waals surface area contributed by atoms with Crippen molar-refractivity contribution in [3.05, 3.63) is 35.3 Å². The van der Waals surface area contributed by atoms with Gasteiger partial charge in [-0.05, 0) is 44.0 Å². The minimum Gasteiger partial charge on any atom is -0.494 e. The third-order valence-corrected chi connectivity index (χ3v) is 5.39. The molecule has 1 heterocycles. The van der Waals surface area contributed by atoms with E-state index in [1.54, 1.807) is 11.3 Å². The molecule has 136 valence electrons. The zero-order chi connectivity index (χ0) is 18.3. The third kappa shape index (κ3) is 5.03. The van der Waals surface area contributed by atoms with Crippen molar-refractivity contribution in [3.8, 4) is 16.3 Å². The summed E-state index contributed by atoms with van der Waals surface area (Å²) < 4.78 is 5.45. The van der Waals surface area contributed by atoms with Gasteiger partial charge in [-0.2, -0.15) is 0 Å². The van der Waals surface area contributed by atoms with Gasteiger partial charge in [0.15, 0.2) is 0 Å². The molecule has 0 spiro atoms. The number of nitrogens with one attached hydrogen (secondary N) is 1. The molecule has 0 bridgehead atoms. The fourth-order valence-corrected chi connectivity index (χ4v) is 3.48. The number of nitrogens with two attached hydrogens (primary N) is 1. The highest BCUT2D eigenvalue weighted by atomic mass is 32.1. The molecule has 2 aromatic rings. The van der Waals surface area contributed by atoms with Gasteiger partial charge in [0.1, 0.15) is 10.8 Å². The number of hydrogen-bond donors (Lipinski definition) is 2.